The van der Waals surface area contributed by atoms with Crippen LogP contribution in [0.15, 0.2) is 89.3 Å². The average molecular weight is 447 g/mol. The molecule has 0 amide bonds. The minimum atomic E-state index is -0.431. The molecule has 162 valence electrons. The third kappa shape index (κ3) is 4.74. The lowest BCUT2D eigenvalue weighted by Gasteiger charge is -2.24. The zero-order chi connectivity index (χ0) is 21.8. The maximum absolute atomic E-state index is 6.03. The number of ether oxygens (including phenoxy) is 2. The number of quaternary nitrogens is 1. The van der Waals surface area contributed by atoms with E-state index in [0.29, 0.717) is 29.8 Å². The Bertz CT molecular complexity index is 1180. The predicted octanol–water partition coefficient (Wildman–Crippen LogP) is 3.96. The Hall–Kier alpha value is -3.42. The number of hydrogen-bond acceptors (Lipinski definition) is 5. The summed E-state index contributed by atoms with van der Waals surface area (Å²) in [6, 6.07) is 28.5. The van der Waals surface area contributed by atoms with E-state index in [4.69, 9.17) is 26.1 Å². The van der Waals surface area contributed by atoms with E-state index in [1.807, 2.05) is 36.4 Å². The van der Waals surface area contributed by atoms with Gasteiger partial charge in [0.1, 0.15) is 19.7 Å². The molecule has 7 heteroatoms. The molecular formula is C25H24N3O3S+. The van der Waals surface area contributed by atoms with Crippen molar-refractivity contribution >= 4 is 12.2 Å². The van der Waals surface area contributed by atoms with Crippen molar-refractivity contribution in [3.05, 3.63) is 107 Å². The molecule has 0 unspecified atom stereocenters. The van der Waals surface area contributed by atoms with Crippen molar-refractivity contribution in [1.29, 1.82) is 0 Å². The third-order valence-corrected chi connectivity index (χ3v) is 5.67. The van der Waals surface area contributed by atoms with Gasteiger partial charge < -0.3 is 18.8 Å². The standard InChI is InChI=1S/C25H23N3O3S/c32-25-28(26-24(31-25)23-17-29-21-13-7-8-14-22(21)30-23)18-27(15-19-9-3-1-4-10-19)16-20-11-5-2-6-12-20/h1-14,23H,15-18H2/p+1/t23-/m0/s1. The van der Waals surface area contributed by atoms with Crippen LogP contribution in [0.4, 0.5) is 0 Å². The molecule has 1 N–H and O–H groups in total. The average Bonchev–Trinajstić information content (AvgIpc) is 3.20. The van der Waals surface area contributed by atoms with Crippen LogP contribution in [0.3, 0.4) is 0 Å². The molecule has 0 fully saturated rings. The molecule has 0 aliphatic carbocycles. The number of rotatable bonds is 7. The number of hydrogen-bond donors (Lipinski definition) is 1. The minimum absolute atomic E-state index is 0.330. The largest absolute Gasteiger partial charge is 0.485 e. The van der Waals surface area contributed by atoms with Gasteiger partial charge in [-0.25, -0.2) is 0 Å². The number of fused-ring (bicyclic) bond motifs is 1. The zero-order valence-corrected chi connectivity index (χ0v) is 18.3. The second kappa shape index (κ2) is 9.38. The molecule has 0 saturated heterocycles. The van der Waals surface area contributed by atoms with Crippen LogP contribution in [-0.2, 0) is 19.8 Å². The molecular weight excluding hydrogens is 422 g/mol. The Morgan fingerprint density at radius 1 is 0.844 bits per heavy atom. The van der Waals surface area contributed by atoms with E-state index in [-0.39, 0.29) is 0 Å². The monoisotopic (exact) mass is 446 g/mol. The maximum atomic E-state index is 6.03. The van der Waals surface area contributed by atoms with Crippen molar-refractivity contribution < 1.29 is 18.8 Å². The molecule has 0 bridgehead atoms. The van der Waals surface area contributed by atoms with E-state index in [2.05, 4.69) is 53.6 Å². The van der Waals surface area contributed by atoms with Gasteiger partial charge in [0.2, 0.25) is 6.10 Å². The first kappa shape index (κ1) is 20.5. The van der Waals surface area contributed by atoms with Gasteiger partial charge in [-0.2, -0.15) is 4.68 Å². The number of benzene rings is 3. The minimum Gasteiger partial charge on any atom is -0.485 e. The molecule has 1 aliphatic rings. The fourth-order valence-electron chi connectivity index (χ4n) is 3.85. The normalized spacial score (nSPS) is 15.1. The lowest BCUT2D eigenvalue weighted by molar-refractivity contribution is -0.950. The topological polar surface area (TPSA) is 53.9 Å². The molecule has 6 nitrogen and oxygen atoms in total. The Kier molecular flexibility index (Phi) is 6.00. The van der Waals surface area contributed by atoms with Crippen molar-refractivity contribution in [2.75, 3.05) is 6.61 Å². The molecule has 2 heterocycles. The second-order valence-electron chi connectivity index (χ2n) is 7.80. The maximum Gasteiger partial charge on any atom is 0.292 e. The van der Waals surface area contributed by atoms with Crippen molar-refractivity contribution in [1.82, 2.24) is 9.78 Å². The van der Waals surface area contributed by atoms with Gasteiger partial charge in [-0.3, -0.25) is 0 Å². The summed E-state index contributed by atoms with van der Waals surface area (Å²) in [5.41, 5.74) is 2.52. The van der Waals surface area contributed by atoms with Crippen molar-refractivity contribution in [3.63, 3.8) is 0 Å². The van der Waals surface area contributed by atoms with Crippen LogP contribution in [0.5, 0.6) is 11.5 Å². The number of nitrogens with one attached hydrogen (secondary N) is 1. The molecule has 4 aromatic rings. The highest BCUT2D eigenvalue weighted by Crippen LogP contribution is 2.35. The van der Waals surface area contributed by atoms with E-state index < -0.39 is 6.10 Å². The van der Waals surface area contributed by atoms with Gasteiger partial charge in [-0.05, 0) is 24.4 Å². The molecule has 1 aromatic heterocycles. The Labute approximate surface area is 191 Å². The Morgan fingerprint density at radius 3 is 2.09 bits per heavy atom. The van der Waals surface area contributed by atoms with Crippen molar-refractivity contribution in [3.8, 4) is 11.5 Å². The van der Waals surface area contributed by atoms with E-state index in [0.717, 1.165) is 18.8 Å². The van der Waals surface area contributed by atoms with Gasteiger partial charge in [0.15, 0.2) is 18.2 Å². The first-order valence-electron chi connectivity index (χ1n) is 10.6. The van der Waals surface area contributed by atoms with E-state index in [1.54, 1.807) is 4.68 Å². The summed E-state index contributed by atoms with van der Waals surface area (Å²) in [5, 5.41) is 4.65. The fraction of sp³-hybridized carbons (Fsp3) is 0.200. The highest BCUT2D eigenvalue weighted by Gasteiger charge is 2.28. The van der Waals surface area contributed by atoms with Crippen molar-refractivity contribution in [2.24, 2.45) is 0 Å². The summed E-state index contributed by atoms with van der Waals surface area (Å²) >= 11 is 5.49. The Balaban J connectivity index is 1.35. The summed E-state index contributed by atoms with van der Waals surface area (Å²) in [6.45, 7) is 2.60. The van der Waals surface area contributed by atoms with Crippen LogP contribution < -0.4 is 14.4 Å². The van der Waals surface area contributed by atoms with Gasteiger partial charge in [0.25, 0.3) is 10.7 Å². The lowest BCUT2D eigenvalue weighted by atomic mass is 10.2. The number of aromatic nitrogens is 2. The van der Waals surface area contributed by atoms with Crippen molar-refractivity contribution in [2.45, 2.75) is 25.9 Å². The van der Waals surface area contributed by atoms with Crippen LogP contribution in [0.1, 0.15) is 23.1 Å². The molecule has 3 aromatic carbocycles. The highest BCUT2D eigenvalue weighted by molar-refractivity contribution is 7.71. The first-order chi connectivity index (χ1) is 15.7. The van der Waals surface area contributed by atoms with Gasteiger partial charge >= 0.3 is 0 Å². The number of nitrogens with zero attached hydrogens (tertiary/aromatic N) is 2. The summed E-state index contributed by atoms with van der Waals surface area (Å²) < 4.78 is 19.4. The van der Waals surface area contributed by atoms with Gasteiger partial charge in [0.05, 0.1) is 0 Å². The first-order valence-corrected chi connectivity index (χ1v) is 11.0. The summed E-state index contributed by atoms with van der Waals surface area (Å²) in [7, 11) is 0. The van der Waals surface area contributed by atoms with Crippen LogP contribution in [0.25, 0.3) is 0 Å². The fourth-order valence-corrected chi connectivity index (χ4v) is 4.04. The molecule has 5 rings (SSSR count). The molecule has 0 radical (unpaired) electrons. The summed E-state index contributed by atoms with van der Waals surface area (Å²) in [4.78, 5) is 1.63. The van der Waals surface area contributed by atoms with E-state index in [1.165, 1.54) is 16.0 Å². The molecule has 1 atom stereocenters. The number of para-hydroxylation sites is 2. The van der Waals surface area contributed by atoms with E-state index >= 15 is 0 Å². The molecule has 0 spiro atoms. The zero-order valence-electron chi connectivity index (χ0n) is 17.5. The van der Waals surface area contributed by atoms with Gasteiger partial charge in [0, 0.05) is 11.1 Å². The van der Waals surface area contributed by atoms with Crippen LogP contribution in [-0.4, -0.2) is 16.4 Å². The van der Waals surface area contributed by atoms with E-state index in [9.17, 15) is 0 Å². The van der Waals surface area contributed by atoms with Gasteiger partial charge in [-0.15, -0.1) is 5.10 Å². The third-order valence-electron chi connectivity index (χ3n) is 5.37. The van der Waals surface area contributed by atoms with Gasteiger partial charge in [-0.1, -0.05) is 72.8 Å². The molecule has 1 aliphatic heterocycles. The predicted molar refractivity (Wildman–Crippen MR) is 122 cm³/mol. The molecule has 32 heavy (non-hydrogen) atoms. The quantitative estimate of drug-likeness (QED) is 0.436. The highest BCUT2D eigenvalue weighted by atomic mass is 32.1. The lowest BCUT2D eigenvalue weighted by Crippen LogP contribution is -3.08. The summed E-state index contributed by atoms with van der Waals surface area (Å²) in [5.74, 6) is 1.84. The van der Waals surface area contributed by atoms with Crippen LogP contribution >= 0.6 is 12.2 Å². The molecule has 0 saturated carbocycles. The second-order valence-corrected chi connectivity index (χ2v) is 8.15. The Morgan fingerprint density at radius 2 is 1.44 bits per heavy atom. The van der Waals surface area contributed by atoms with Crippen LogP contribution in [0.2, 0.25) is 0 Å². The van der Waals surface area contributed by atoms with Crippen LogP contribution in [0, 0.1) is 4.84 Å². The summed E-state index contributed by atoms with van der Waals surface area (Å²) in [6.07, 6.45) is -0.431. The SMILES string of the molecule is S=c1oc([C@@H]2COc3ccccc3O2)nn1C[NH+](Cc1ccccc1)Cc1ccccc1. The smallest absolute Gasteiger partial charge is 0.292 e.